The molecule has 0 aromatic heterocycles. The highest BCUT2D eigenvalue weighted by atomic mass is 16.1. The standard InChI is InChI=1S/C23H24N2O2/c1-15-9-5-8-14-19(15)25-21-20(24-16-10-3-2-4-11-16)22(26)17-12-6-7-13-18(17)23(21)27/h5-9,12-14,16,24-25H,2-4,10-11H2,1H3. The van der Waals surface area contributed by atoms with Gasteiger partial charge in [0.15, 0.2) is 0 Å². The van der Waals surface area contributed by atoms with Gasteiger partial charge < -0.3 is 10.6 Å². The quantitative estimate of drug-likeness (QED) is 0.835. The zero-order chi connectivity index (χ0) is 18.8. The molecule has 27 heavy (non-hydrogen) atoms. The number of hydrogen-bond donors (Lipinski definition) is 2. The first-order valence-corrected chi connectivity index (χ1v) is 9.67. The van der Waals surface area contributed by atoms with Crippen LogP contribution < -0.4 is 10.6 Å². The van der Waals surface area contributed by atoms with Gasteiger partial charge in [0.1, 0.15) is 11.4 Å². The van der Waals surface area contributed by atoms with E-state index in [9.17, 15) is 9.59 Å². The second-order valence-electron chi connectivity index (χ2n) is 7.37. The molecule has 2 aromatic carbocycles. The monoisotopic (exact) mass is 360 g/mol. The molecule has 0 radical (unpaired) electrons. The summed E-state index contributed by atoms with van der Waals surface area (Å²) in [5, 5.41) is 6.67. The Labute approximate surface area is 159 Å². The van der Waals surface area contributed by atoms with Crippen molar-refractivity contribution < 1.29 is 9.59 Å². The van der Waals surface area contributed by atoms with Crippen LogP contribution >= 0.6 is 0 Å². The fourth-order valence-electron chi connectivity index (χ4n) is 3.93. The van der Waals surface area contributed by atoms with E-state index >= 15 is 0 Å². The Hall–Kier alpha value is -2.88. The van der Waals surface area contributed by atoms with Crippen molar-refractivity contribution in [2.24, 2.45) is 0 Å². The Balaban J connectivity index is 1.76. The van der Waals surface area contributed by atoms with Crippen molar-refractivity contribution in [2.75, 3.05) is 5.32 Å². The first-order valence-electron chi connectivity index (χ1n) is 9.67. The Morgan fingerprint density at radius 3 is 2.04 bits per heavy atom. The molecule has 0 amide bonds. The van der Waals surface area contributed by atoms with Crippen LogP contribution in [-0.2, 0) is 0 Å². The average molecular weight is 360 g/mol. The van der Waals surface area contributed by atoms with Crippen LogP contribution in [0.15, 0.2) is 59.9 Å². The van der Waals surface area contributed by atoms with E-state index in [1.54, 1.807) is 18.2 Å². The lowest BCUT2D eigenvalue weighted by Crippen LogP contribution is -2.39. The van der Waals surface area contributed by atoms with Gasteiger partial charge in [-0.05, 0) is 31.4 Å². The molecular formula is C23H24N2O2. The van der Waals surface area contributed by atoms with Crippen LogP contribution in [0.4, 0.5) is 5.69 Å². The molecule has 4 nitrogen and oxygen atoms in total. The summed E-state index contributed by atoms with van der Waals surface area (Å²) in [6, 6.07) is 15.1. The number of fused-ring (bicyclic) bond motifs is 1. The number of ketones is 2. The number of carbonyl (C=O) groups is 2. The SMILES string of the molecule is Cc1ccccc1NC1=C(NC2CCCCC2)C(=O)c2ccccc2C1=O. The Morgan fingerprint density at radius 1 is 0.778 bits per heavy atom. The number of carbonyl (C=O) groups excluding carboxylic acids is 2. The molecule has 1 saturated carbocycles. The van der Waals surface area contributed by atoms with Crippen molar-refractivity contribution in [3.8, 4) is 0 Å². The third-order valence-electron chi connectivity index (χ3n) is 5.48. The van der Waals surface area contributed by atoms with Crippen molar-refractivity contribution in [2.45, 2.75) is 45.1 Å². The fraction of sp³-hybridized carbons (Fsp3) is 0.304. The normalized spacial score (nSPS) is 17.7. The van der Waals surface area contributed by atoms with Gasteiger partial charge in [-0.3, -0.25) is 9.59 Å². The smallest absolute Gasteiger partial charge is 0.212 e. The summed E-state index contributed by atoms with van der Waals surface area (Å²) in [7, 11) is 0. The van der Waals surface area contributed by atoms with Gasteiger partial charge in [0, 0.05) is 22.9 Å². The third kappa shape index (κ3) is 3.39. The van der Waals surface area contributed by atoms with E-state index in [2.05, 4.69) is 10.6 Å². The van der Waals surface area contributed by atoms with Crippen LogP contribution in [0, 0.1) is 6.92 Å². The number of aryl methyl sites for hydroxylation is 1. The van der Waals surface area contributed by atoms with E-state index in [0.717, 1.165) is 36.9 Å². The summed E-state index contributed by atoms with van der Waals surface area (Å²) in [6.45, 7) is 1.99. The van der Waals surface area contributed by atoms with Crippen molar-refractivity contribution >= 4 is 17.3 Å². The number of benzene rings is 2. The molecule has 138 valence electrons. The molecule has 0 heterocycles. The van der Waals surface area contributed by atoms with Crippen LogP contribution in [0.2, 0.25) is 0 Å². The van der Waals surface area contributed by atoms with Gasteiger partial charge in [-0.1, -0.05) is 61.7 Å². The number of nitrogens with one attached hydrogen (secondary N) is 2. The molecule has 0 saturated heterocycles. The predicted octanol–water partition coefficient (Wildman–Crippen LogP) is 4.62. The minimum atomic E-state index is -0.133. The topological polar surface area (TPSA) is 58.2 Å². The summed E-state index contributed by atoms with van der Waals surface area (Å²) in [5.41, 5.74) is 3.59. The van der Waals surface area contributed by atoms with Gasteiger partial charge in [0.05, 0.1) is 0 Å². The summed E-state index contributed by atoms with van der Waals surface area (Å²) in [5.74, 6) is -0.237. The molecular weight excluding hydrogens is 336 g/mol. The Bertz CT molecular complexity index is 923. The first-order chi connectivity index (χ1) is 13.1. The Kier molecular flexibility index (Phi) is 4.80. The molecule has 4 rings (SSSR count). The zero-order valence-corrected chi connectivity index (χ0v) is 15.5. The molecule has 0 aliphatic heterocycles. The largest absolute Gasteiger partial charge is 0.377 e. The molecule has 2 N–H and O–H groups in total. The number of hydrogen-bond acceptors (Lipinski definition) is 4. The summed E-state index contributed by atoms with van der Waals surface area (Å²) < 4.78 is 0. The minimum absolute atomic E-state index is 0.105. The molecule has 0 spiro atoms. The third-order valence-corrected chi connectivity index (χ3v) is 5.48. The number of Topliss-reactive ketones (excluding diaryl/α,β-unsaturated/α-hetero) is 2. The number of allylic oxidation sites excluding steroid dienone is 2. The van der Waals surface area contributed by atoms with Gasteiger partial charge in [0.2, 0.25) is 11.6 Å². The van der Waals surface area contributed by atoms with E-state index in [4.69, 9.17) is 0 Å². The zero-order valence-electron chi connectivity index (χ0n) is 15.5. The van der Waals surface area contributed by atoms with Gasteiger partial charge >= 0.3 is 0 Å². The van der Waals surface area contributed by atoms with E-state index in [0.29, 0.717) is 22.5 Å². The highest BCUT2D eigenvalue weighted by Crippen LogP contribution is 2.29. The molecule has 0 bridgehead atoms. The number of para-hydroxylation sites is 1. The van der Waals surface area contributed by atoms with Gasteiger partial charge in [-0.15, -0.1) is 0 Å². The molecule has 4 heteroatoms. The van der Waals surface area contributed by atoms with Crippen LogP contribution in [-0.4, -0.2) is 17.6 Å². The van der Waals surface area contributed by atoms with Gasteiger partial charge in [-0.25, -0.2) is 0 Å². The summed E-state index contributed by atoms with van der Waals surface area (Å²) in [6.07, 6.45) is 5.62. The van der Waals surface area contributed by atoms with E-state index < -0.39 is 0 Å². The minimum Gasteiger partial charge on any atom is -0.377 e. The van der Waals surface area contributed by atoms with E-state index in [1.165, 1.54) is 6.42 Å². The Morgan fingerprint density at radius 2 is 1.37 bits per heavy atom. The number of anilines is 1. The molecule has 2 aromatic rings. The maximum absolute atomic E-state index is 13.2. The van der Waals surface area contributed by atoms with Crippen molar-refractivity contribution in [3.63, 3.8) is 0 Å². The molecule has 2 aliphatic carbocycles. The molecule has 0 unspecified atom stereocenters. The van der Waals surface area contributed by atoms with Crippen molar-refractivity contribution in [1.29, 1.82) is 0 Å². The molecule has 2 aliphatic rings. The maximum Gasteiger partial charge on any atom is 0.212 e. The highest BCUT2D eigenvalue weighted by molar-refractivity contribution is 6.27. The van der Waals surface area contributed by atoms with Gasteiger partial charge in [-0.2, -0.15) is 0 Å². The first kappa shape index (κ1) is 17.5. The summed E-state index contributed by atoms with van der Waals surface area (Å²) >= 11 is 0. The predicted molar refractivity (Wildman–Crippen MR) is 107 cm³/mol. The molecule has 0 atom stereocenters. The second kappa shape index (κ2) is 7.39. The maximum atomic E-state index is 13.2. The van der Waals surface area contributed by atoms with Gasteiger partial charge in [0.25, 0.3) is 0 Å². The highest BCUT2D eigenvalue weighted by Gasteiger charge is 2.33. The average Bonchev–Trinajstić information content (AvgIpc) is 2.71. The van der Waals surface area contributed by atoms with Crippen LogP contribution in [0.3, 0.4) is 0 Å². The molecule has 1 fully saturated rings. The number of rotatable bonds is 4. The fourth-order valence-corrected chi connectivity index (χ4v) is 3.93. The van der Waals surface area contributed by atoms with Crippen LogP contribution in [0.1, 0.15) is 58.4 Å². The summed E-state index contributed by atoms with van der Waals surface area (Å²) in [4.78, 5) is 26.4. The van der Waals surface area contributed by atoms with Crippen LogP contribution in [0.25, 0.3) is 0 Å². The lowest BCUT2D eigenvalue weighted by Gasteiger charge is -2.29. The lowest BCUT2D eigenvalue weighted by molar-refractivity contribution is 0.0966. The lowest BCUT2D eigenvalue weighted by atomic mass is 9.88. The van der Waals surface area contributed by atoms with E-state index in [1.807, 2.05) is 37.3 Å². The van der Waals surface area contributed by atoms with Crippen LogP contribution in [0.5, 0.6) is 0 Å². The van der Waals surface area contributed by atoms with E-state index in [-0.39, 0.29) is 17.6 Å². The van der Waals surface area contributed by atoms with Crippen molar-refractivity contribution in [3.05, 3.63) is 76.6 Å². The second-order valence-corrected chi connectivity index (χ2v) is 7.37. The van der Waals surface area contributed by atoms with Crippen molar-refractivity contribution in [1.82, 2.24) is 5.32 Å².